The predicted molar refractivity (Wildman–Crippen MR) is 116 cm³/mol. The molecule has 2 aromatic carbocycles. The molecule has 168 valence electrons. The van der Waals surface area contributed by atoms with Gasteiger partial charge in [0.15, 0.2) is 17.1 Å². The largest absolute Gasteiger partial charge is 0.486 e. The Bertz CT molecular complexity index is 1220. The Balaban J connectivity index is 1.59. The monoisotopic (exact) mass is 439 g/mol. The number of nitrogens with zero attached hydrogens (tertiary/aromatic N) is 3. The second-order valence-electron chi connectivity index (χ2n) is 8.25. The molecule has 0 saturated carbocycles. The van der Waals surface area contributed by atoms with E-state index in [4.69, 9.17) is 14.2 Å². The van der Waals surface area contributed by atoms with Gasteiger partial charge in [-0.3, -0.25) is 0 Å². The number of ether oxygens (including phenoxy) is 3. The predicted octanol–water partition coefficient (Wildman–Crippen LogP) is 2.71. The van der Waals surface area contributed by atoms with Gasteiger partial charge in [0.05, 0.1) is 12.2 Å². The zero-order chi connectivity index (χ0) is 23.0. The first kappa shape index (κ1) is 21.5. The first-order chi connectivity index (χ1) is 15.2. The van der Waals surface area contributed by atoms with Crippen molar-refractivity contribution in [2.24, 2.45) is 0 Å². The molecule has 0 aliphatic carbocycles. The van der Waals surface area contributed by atoms with E-state index in [0.29, 0.717) is 36.1 Å². The number of aromatic nitrogens is 3. The van der Waals surface area contributed by atoms with Gasteiger partial charge in [-0.15, -0.1) is 0 Å². The van der Waals surface area contributed by atoms with Crippen LogP contribution in [0.25, 0.3) is 5.69 Å². The van der Waals surface area contributed by atoms with Crippen LogP contribution in [0.4, 0.5) is 0 Å². The summed E-state index contributed by atoms with van der Waals surface area (Å²) >= 11 is 0. The number of carboxylic acids is 1. The van der Waals surface area contributed by atoms with E-state index in [2.05, 4.69) is 5.10 Å². The van der Waals surface area contributed by atoms with Crippen molar-refractivity contribution in [1.82, 2.24) is 14.3 Å². The second-order valence-corrected chi connectivity index (χ2v) is 8.25. The van der Waals surface area contributed by atoms with Crippen LogP contribution in [0.15, 0.2) is 41.5 Å². The first-order valence-corrected chi connectivity index (χ1v) is 10.2. The molecule has 9 heteroatoms. The van der Waals surface area contributed by atoms with Crippen LogP contribution in [0.5, 0.6) is 17.2 Å². The molecule has 0 atom stereocenters. The van der Waals surface area contributed by atoms with Gasteiger partial charge in [-0.2, -0.15) is 5.10 Å². The summed E-state index contributed by atoms with van der Waals surface area (Å²) in [5.41, 5.74) is 1.43. The highest BCUT2D eigenvalue weighted by Gasteiger charge is 2.30. The lowest BCUT2D eigenvalue weighted by Crippen LogP contribution is -2.38. The third kappa shape index (κ3) is 4.05. The van der Waals surface area contributed by atoms with E-state index in [9.17, 15) is 14.7 Å². The Kier molecular flexibility index (Phi) is 5.41. The number of aryl methyl sites for hydroxylation is 2. The molecule has 0 amide bonds. The topological polar surface area (TPSA) is 105 Å². The Morgan fingerprint density at radius 2 is 1.78 bits per heavy atom. The van der Waals surface area contributed by atoms with Gasteiger partial charge in [-0.1, -0.05) is 12.1 Å². The van der Waals surface area contributed by atoms with Gasteiger partial charge in [0.1, 0.15) is 25.3 Å². The number of aliphatic carboxylic acids is 1. The number of hydrogen-bond donors (Lipinski definition) is 1. The van der Waals surface area contributed by atoms with Gasteiger partial charge in [-0.25, -0.2) is 18.8 Å². The maximum absolute atomic E-state index is 12.9. The van der Waals surface area contributed by atoms with Crippen molar-refractivity contribution in [3.63, 3.8) is 0 Å². The highest BCUT2D eigenvalue weighted by atomic mass is 16.6. The van der Waals surface area contributed by atoms with E-state index in [-0.39, 0.29) is 12.2 Å². The lowest BCUT2D eigenvalue weighted by molar-refractivity contribution is -0.152. The molecule has 0 bridgehead atoms. The number of benzene rings is 2. The maximum atomic E-state index is 12.9. The summed E-state index contributed by atoms with van der Waals surface area (Å²) in [6.07, 6.45) is 1.47. The van der Waals surface area contributed by atoms with E-state index >= 15 is 0 Å². The quantitative estimate of drug-likeness (QED) is 0.630. The Hall–Kier alpha value is -3.75. The molecule has 3 aromatic rings. The van der Waals surface area contributed by atoms with Crippen molar-refractivity contribution >= 4 is 5.97 Å². The Labute approximate surface area is 184 Å². The lowest BCUT2D eigenvalue weighted by atomic mass is 10.0. The molecule has 0 fully saturated rings. The maximum Gasteiger partial charge on any atom is 0.350 e. The minimum atomic E-state index is -1.35. The van der Waals surface area contributed by atoms with Crippen LogP contribution < -0.4 is 19.9 Å². The van der Waals surface area contributed by atoms with Crippen LogP contribution in [0.3, 0.4) is 0 Å². The average molecular weight is 439 g/mol. The van der Waals surface area contributed by atoms with E-state index in [1.807, 2.05) is 26.0 Å². The van der Waals surface area contributed by atoms with Crippen LogP contribution in [0, 0.1) is 13.8 Å². The van der Waals surface area contributed by atoms with Crippen LogP contribution in [0.1, 0.15) is 30.5 Å². The Morgan fingerprint density at radius 3 is 2.44 bits per heavy atom. The molecule has 1 aliphatic heterocycles. The molecule has 0 unspecified atom stereocenters. The molecule has 0 radical (unpaired) electrons. The number of carboxylic acid groups (broad SMARTS) is 1. The molecule has 1 aromatic heterocycles. The zero-order valence-electron chi connectivity index (χ0n) is 18.4. The SMILES string of the molecule is Cc1cc(Cn2ncn(-c3ccc4c(c3)OCCO4)c2=O)cc(C)c1OC(C)(C)C(=O)O. The summed E-state index contributed by atoms with van der Waals surface area (Å²) in [4.78, 5) is 24.3. The fourth-order valence-corrected chi connectivity index (χ4v) is 3.57. The summed E-state index contributed by atoms with van der Waals surface area (Å²) in [6.45, 7) is 7.94. The number of hydrogen-bond acceptors (Lipinski definition) is 6. The molecule has 32 heavy (non-hydrogen) atoms. The number of rotatable bonds is 6. The smallest absolute Gasteiger partial charge is 0.350 e. The molecule has 2 heterocycles. The van der Waals surface area contributed by atoms with Crippen LogP contribution >= 0.6 is 0 Å². The average Bonchev–Trinajstić information content (AvgIpc) is 3.10. The van der Waals surface area contributed by atoms with Crippen molar-refractivity contribution < 1.29 is 24.1 Å². The normalized spacial score (nSPS) is 13.1. The summed E-state index contributed by atoms with van der Waals surface area (Å²) < 4.78 is 19.7. The third-order valence-electron chi connectivity index (χ3n) is 5.26. The fraction of sp³-hybridized carbons (Fsp3) is 0.348. The van der Waals surface area contributed by atoms with Crippen LogP contribution in [-0.4, -0.2) is 44.2 Å². The molecular formula is C23H25N3O6. The highest BCUT2D eigenvalue weighted by molar-refractivity contribution is 5.77. The van der Waals surface area contributed by atoms with Gasteiger partial charge < -0.3 is 19.3 Å². The summed E-state index contributed by atoms with van der Waals surface area (Å²) in [7, 11) is 0. The van der Waals surface area contributed by atoms with Gasteiger partial charge in [0.2, 0.25) is 0 Å². The minimum absolute atomic E-state index is 0.265. The zero-order valence-corrected chi connectivity index (χ0v) is 18.4. The van der Waals surface area contributed by atoms with Crippen molar-refractivity contribution in [1.29, 1.82) is 0 Å². The van der Waals surface area contributed by atoms with Crippen molar-refractivity contribution in [3.05, 3.63) is 63.8 Å². The molecule has 9 nitrogen and oxygen atoms in total. The van der Waals surface area contributed by atoms with E-state index < -0.39 is 11.6 Å². The molecule has 0 saturated heterocycles. The third-order valence-corrected chi connectivity index (χ3v) is 5.26. The van der Waals surface area contributed by atoms with E-state index in [1.54, 1.807) is 18.2 Å². The molecule has 4 rings (SSSR count). The lowest BCUT2D eigenvalue weighted by Gasteiger charge is -2.24. The van der Waals surface area contributed by atoms with Gasteiger partial charge in [-0.05, 0) is 56.5 Å². The first-order valence-electron chi connectivity index (χ1n) is 10.2. The standard InChI is InChI=1S/C23H25N3O6/c1-14-9-16(10-15(2)20(14)32-23(3,4)21(27)28)12-26-22(29)25(13-24-26)17-5-6-18-19(11-17)31-8-7-30-18/h5-6,9-11,13H,7-8,12H2,1-4H3,(H,27,28). The van der Waals surface area contributed by atoms with Gasteiger partial charge >= 0.3 is 11.7 Å². The summed E-state index contributed by atoms with van der Waals surface area (Å²) in [6, 6.07) is 9.06. The van der Waals surface area contributed by atoms with Crippen LogP contribution in [-0.2, 0) is 11.3 Å². The van der Waals surface area contributed by atoms with E-state index in [1.165, 1.54) is 29.4 Å². The molecule has 1 aliphatic rings. The van der Waals surface area contributed by atoms with Crippen molar-refractivity contribution in [2.75, 3.05) is 13.2 Å². The van der Waals surface area contributed by atoms with E-state index in [0.717, 1.165) is 16.7 Å². The summed E-state index contributed by atoms with van der Waals surface area (Å²) in [5.74, 6) is 0.728. The number of carbonyl (C=O) groups is 1. The minimum Gasteiger partial charge on any atom is -0.486 e. The molecule has 1 N–H and O–H groups in total. The molecular weight excluding hydrogens is 414 g/mol. The van der Waals surface area contributed by atoms with Crippen LogP contribution in [0.2, 0.25) is 0 Å². The number of fused-ring (bicyclic) bond motifs is 1. The van der Waals surface area contributed by atoms with Gasteiger partial charge in [0.25, 0.3) is 0 Å². The highest BCUT2D eigenvalue weighted by Crippen LogP contribution is 2.32. The fourth-order valence-electron chi connectivity index (χ4n) is 3.57. The van der Waals surface area contributed by atoms with Crippen molar-refractivity contribution in [2.45, 2.75) is 39.8 Å². The summed E-state index contributed by atoms with van der Waals surface area (Å²) in [5, 5.41) is 13.6. The molecule has 0 spiro atoms. The van der Waals surface area contributed by atoms with Gasteiger partial charge in [0, 0.05) is 6.07 Å². The van der Waals surface area contributed by atoms with Crippen molar-refractivity contribution in [3.8, 4) is 22.9 Å². The Morgan fingerprint density at radius 1 is 1.12 bits per heavy atom. The second kappa shape index (κ2) is 8.07.